The molecule has 3 aromatic rings. The van der Waals surface area contributed by atoms with Crippen molar-refractivity contribution in [2.45, 2.75) is 13.0 Å². The Bertz CT molecular complexity index is 850. The van der Waals surface area contributed by atoms with E-state index >= 15 is 0 Å². The van der Waals surface area contributed by atoms with Gasteiger partial charge in [0.15, 0.2) is 0 Å². The average Bonchev–Trinajstić information content (AvgIpc) is 2.81. The Hall–Kier alpha value is -2.40. The van der Waals surface area contributed by atoms with Crippen LogP contribution >= 0.6 is 0 Å². The predicted molar refractivity (Wildman–Crippen MR) is 81.0 cm³/mol. The molecule has 1 atom stereocenters. The maximum absolute atomic E-state index is 13.3. The van der Waals surface area contributed by atoms with Gasteiger partial charge in [0, 0.05) is 0 Å². The lowest BCUT2D eigenvalue weighted by molar-refractivity contribution is 0.621. The normalized spacial score (nSPS) is 12.7. The quantitative estimate of drug-likeness (QED) is 0.692. The second kappa shape index (κ2) is 5.18. The molecule has 4 nitrogen and oxygen atoms in total. The van der Waals surface area contributed by atoms with Crippen molar-refractivity contribution in [2.24, 2.45) is 0 Å². The highest BCUT2D eigenvalue weighted by Gasteiger charge is 2.15. The van der Waals surface area contributed by atoms with E-state index in [1.165, 1.54) is 12.1 Å². The highest BCUT2D eigenvalue weighted by Crippen LogP contribution is 2.26. The van der Waals surface area contributed by atoms with E-state index in [1.807, 2.05) is 32.2 Å². The minimum Gasteiger partial charge on any atom is -0.309 e. The molecule has 0 aliphatic carbocycles. The maximum Gasteiger partial charge on any atom is 0.323 e. The number of aromatic amines is 2. The molecule has 1 aromatic heterocycles. The van der Waals surface area contributed by atoms with Gasteiger partial charge in [0.25, 0.3) is 0 Å². The van der Waals surface area contributed by atoms with E-state index in [0.29, 0.717) is 0 Å². The van der Waals surface area contributed by atoms with Crippen LogP contribution in [0.2, 0.25) is 0 Å². The number of benzene rings is 2. The highest BCUT2D eigenvalue weighted by atomic mass is 19.1. The zero-order valence-corrected chi connectivity index (χ0v) is 11.8. The molecule has 0 radical (unpaired) electrons. The summed E-state index contributed by atoms with van der Waals surface area (Å²) < 4.78 is 13.3. The lowest BCUT2D eigenvalue weighted by atomic mass is 9.95. The molecule has 0 aliphatic rings. The summed E-state index contributed by atoms with van der Waals surface area (Å²) in [6, 6.07) is 10.5. The van der Waals surface area contributed by atoms with Crippen LogP contribution in [0.5, 0.6) is 0 Å². The van der Waals surface area contributed by atoms with Gasteiger partial charge in [-0.15, -0.1) is 0 Å². The highest BCUT2D eigenvalue weighted by molar-refractivity contribution is 5.75. The molecule has 108 valence electrons. The summed E-state index contributed by atoms with van der Waals surface area (Å²) in [6.45, 7) is 1.89. The molecule has 3 rings (SSSR count). The molecule has 0 aliphatic heterocycles. The van der Waals surface area contributed by atoms with Gasteiger partial charge in [-0.05, 0) is 54.9 Å². The number of rotatable bonds is 3. The van der Waals surface area contributed by atoms with Crippen LogP contribution in [0.1, 0.15) is 22.7 Å². The van der Waals surface area contributed by atoms with Gasteiger partial charge in [0.1, 0.15) is 5.82 Å². The Morgan fingerprint density at radius 2 is 1.86 bits per heavy atom. The molecule has 0 spiro atoms. The molecule has 0 saturated carbocycles. The Kier molecular flexibility index (Phi) is 3.35. The van der Waals surface area contributed by atoms with Crippen LogP contribution in [0.25, 0.3) is 11.0 Å². The molecule has 0 fully saturated rings. The van der Waals surface area contributed by atoms with Crippen molar-refractivity contribution in [2.75, 3.05) is 7.05 Å². The lowest BCUT2D eigenvalue weighted by Crippen LogP contribution is -2.18. The minimum absolute atomic E-state index is 0.0617. The zero-order valence-electron chi connectivity index (χ0n) is 11.8. The van der Waals surface area contributed by atoms with Crippen LogP contribution in [-0.2, 0) is 0 Å². The second-order valence-corrected chi connectivity index (χ2v) is 5.11. The van der Waals surface area contributed by atoms with Crippen molar-refractivity contribution in [3.8, 4) is 0 Å². The van der Waals surface area contributed by atoms with Crippen molar-refractivity contribution < 1.29 is 4.39 Å². The van der Waals surface area contributed by atoms with Gasteiger partial charge in [-0.1, -0.05) is 12.1 Å². The molecule has 5 heteroatoms. The van der Waals surface area contributed by atoms with Crippen LogP contribution in [0, 0.1) is 12.7 Å². The number of aromatic nitrogens is 2. The third-order valence-corrected chi connectivity index (χ3v) is 3.70. The van der Waals surface area contributed by atoms with E-state index in [9.17, 15) is 9.18 Å². The fourth-order valence-corrected chi connectivity index (χ4v) is 2.69. The summed E-state index contributed by atoms with van der Waals surface area (Å²) in [7, 11) is 1.86. The van der Waals surface area contributed by atoms with Crippen LogP contribution in [0.3, 0.4) is 0 Å². The standard InChI is InChI=1S/C16H16FN3O/c1-9-7-11(17)4-5-12(9)15(18-2)10-3-6-13-14(8-10)20-16(21)19-13/h3-8,15,18H,1-2H3,(H2,19,20,21). The number of fused-ring (bicyclic) bond motifs is 1. The van der Waals surface area contributed by atoms with E-state index in [0.717, 1.165) is 27.7 Å². The van der Waals surface area contributed by atoms with Gasteiger partial charge in [0.05, 0.1) is 17.1 Å². The minimum atomic E-state index is -0.239. The van der Waals surface area contributed by atoms with Crippen LogP contribution in [0.15, 0.2) is 41.2 Å². The zero-order chi connectivity index (χ0) is 15.0. The summed E-state index contributed by atoms with van der Waals surface area (Å²) in [6.07, 6.45) is 0. The number of hydrogen-bond donors (Lipinski definition) is 3. The lowest BCUT2D eigenvalue weighted by Gasteiger charge is -2.19. The van der Waals surface area contributed by atoms with Gasteiger partial charge in [0.2, 0.25) is 0 Å². The summed E-state index contributed by atoms with van der Waals surface area (Å²) in [5.41, 5.74) is 4.22. The first-order valence-electron chi connectivity index (χ1n) is 6.74. The number of imidazole rings is 1. The fraction of sp³-hybridized carbons (Fsp3) is 0.188. The number of nitrogens with one attached hydrogen (secondary N) is 3. The van der Waals surface area contributed by atoms with Crippen molar-refractivity contribution in [3.05, 3.63) is 69.4 Å². The molecule has 21 heavy (non-hydrogen) atoms. The molecular formula is C16H16FN3O. The molecule has 1 heterocycles. The van der Waals surface area contributed by atoms with Crippen LogP contribution in [-0.4, -0.2) is 17.0 Å². The molecule has 1 unspecified atom stereocenters. The summed E-state index contributed by atoms with van der Waals surface area (Å²) in [5.74, 6) is -0.239. The number of halogens is 1. The monoisotopic (exact) mass is 285 g/mol. The Balaban J connectivity index is 2.10. The topological polar surface area (TPSA) is 60.7 Å². The van der Waals surface area contributed by atoms with Gasteiger partial charge in [-0.25, -0.2) is 9.18 Å². The summed E-state index contributed by atoms with van der Waals surface area (Å²) >= 11 is 0. The fourth-order valence-electron chi connectivity index (χ4n) is 2.69. The second-order valence-electron chi connectivity index (χ2n) is 5.11. The van der Waals surface area contributed by atoms with E-state index in [4.69, 9.17) is 0 Å². The molecule has 0 bridgehead atoms. The third-order valence-electron chi connectivity index (χ3n) is 3.70. The average molecular weight is 285 g/mol. The van der Waals surface area contributed by atoms with Gasteiger partial charge >= 0.3 is 5.69 Å². The number of H-pyrrole nitrogens is 2. The predicted octanol–water partition coefficient (Wildman–Crippen LogP) is 2.61. The van der Waals surface area contributed by atoms with E-state index in [-0.39, 0.29) is 17.5 Å². The van der Waals surface area contributed by atoms with Crippen LogP contribution in [0.4, 0.5) is 4.39 Å². The van der Waals surface area contributed by atoms with Gasteiger partial charge < -0.3 is 15.3 Å². The van der Waals surface area contributed by atoms with Crippen LogP contribution < -0.4 is 11.0 Å². The largest absolute Gasteiger partial charge is 0.323 e. The molecule has 0 saturated heterocycles. The smallest absolute Gasteiger partial charge is 0.309 e. The maximum atomic E-state index is 13.3. The first-order chi connectivity index (χ1) is 10.1. The van der Waals surface area contributed by atoms with Crippen molar-refractivity contribution in [1.82, 2.24) is 15.3 Å². The molecular weight excluding hydrogens is 269 g/mol. The van der Waals surface area contributed by atoms with E-state index < -0.39 is 0 Å². The first kappa shape index (κ1) is 13.6. The van der Waals surface area contributed by atoms with Crippen molar-refractivity contribution in [1.29, 1.82) is 0 Å². The summed E-state index contributed by atoms with van der Waals surface area (Å²) in [4.78, 5) is 16.8. The van der Waals surface area contributed by atoms with E-state index in [2.05, 4.69) is 15.3 Å². The van der Waals surface area contributed by atoms with Gasteiger partial charge in [-0.3, -0.25) is 0 Å². The number of hydrogen-bond acceptors (Lipinski definition) is 2. The molecule has 0 amide bonds. The molecule has 3 N–H and O–H groups in total. The first-order valence-corrected chi connectivity index (χ1v) is 6.74. The van der Waals surface area contributed by atoms with Crippen molar-refractivity contribution in [3.63, 3.8) is 0 Å². The Labute approximate surface area is 121 Å². The molecule has 2 aromatic carbocycles. The van der Waals surface area contributed by atoms with E-state index in [1.54, 1.807) is 6.07 Å². The SMILES string of the molecule is CNC(c1ccc2[nH]c(=O)[nH]c2c1)c1ccc(F)cc1C. The Morgan fingerprint density at radius 1 is 1.10 bits per heavy atom. The van der Waals surface area contributed by atoms with Gasteiger partial charge in [-0.2, -0.15) is 0 Å². The van der Waals surface area contributed by atoms with Crippen molar-refractivity contribution >= 4 is 11.0 Å². The number of aryl methyl sites for hydroxylation is 1. The third kappa shape index (κ3) is 2.48. The summed E-state index contributed by atoms with van der Waals surface area (Å²) in [5, 5.41) is 3.24. The Morgan fingerprint density at radius 3 is 2.57 bits per heavy atom.